The highest BCUT2D eigenvalue weighted by atomic mass is 32.1. The molecule has 0 unspecified atom stereocenters. The highest BCUT2D eigenvalue weighted by molar-refractivity contribution is 7.22. The van der Waals surface area contributed by atoms with Crippen molar-refractivity contribution >= 4 is 38.3 Å². The number of phenolic OH excluding ortho intramolecular Hbond substituents is 2. The van der Waals surface area contributed by atoms with Crippen molar-refractivity contribution in [2.75, 3.05) is 18.0 Å². The molecule has 0 atom stereocenters. The molecule has 4 rings (SSSR count). The van der Waals surface area contributed by atoms with Gasteiger partial charge in [0.25, 0.3) is 0 Å². The second kappa shape index (κ2) is 5.81. The first-order valence-electron chi connectivity index (χ1n) is 8.30. The zero-order chi connectivity index (χ0) is 18.6. The van der Waals surface area contributed by atoms with Gasteiger partial charge in [-0.1, -0.05) is 23.5 Å². The lowest BCUT2D eigenvalue weighted by atomic mass is 9.83. The number of anilines is 1. The summed E-state index contributed by atoms with van der Waals surface area (Å²) in [6.07, 6.45) is 0. The van der Waals surface area contributed by atoms with E-state index in [1.54, 1.807) is 0 Å². The normalized spacial score (nSPS) is 13.0. The largest absolute Gasteiger partial charge is 0.507 e. The zero-order valence-corrected chi connectivity index (χ0v) is 15.1. The van der Waals surface area contributed by atoms with E-state index in [1.165, 1.54) is 35.6 Å². The van der Waals surface area contributed by atoms with Crippen molar-refractivity contribution in [2.24, 2.45) is 0 Å². The van der Waals surface area contributed by atoms with E-state index in [-0.39, 0.29) is 39.5 Å². The van der Waals surface area contributed by atoms with Gasteiger partial charge in [0.1, 0.15) is 11.5 Å². The van der Waals surface area contributed by atoms with Crippen LogP contribution >= 0.6 is 11.3 Å². The minimum absolute atomic E-state index is 0.0619. The maximum Gasteiger partial charge on any atom is 0.202 e. The van der Waals surface area contributed by atoms with E-state index in [0.29, 0.717) is 10.2 Å². The molecule has 0 amide bonds. The van der Waals surface area contributed by atoms with Crippen LogP contribution in [0.2, 0.25) is 0 Å². The molecule has 26 heavy (non-hydrogen) atoms. The van der Waals surface area contributed by atoms with E-state index in [1.807, 2.05) is 18.7 Å². The predicted octanol–water partition coefficient (Wildman–Crippen LogP) is 3.33. The lowest BCUT2D eigenvalue weighted by molar-refractivity contribution is 0.0975. The summed E-state index contributed by atoms with van der Waals surface area (Å²) in [5.41, 5.74) is 0.670. The summed E-state index contributed by atoms with van der Waals surface area (Å²) < 4.78 is 0.576. The molecule has 2 aromatic carbocycles. The third kappa shape index (κ3) is 2.13. The quantitative estimate of drug-likeness (QED) is 0.576. The van der Waals surface area contributed by atoms with Crippen molar-refractivity contribution in [2.45, 2.75) is 13.8 Å². The number of aromatic hydroxyl groups is 2. The summed E-state index contributed by atoms with van der Waals surface area (Å²) in [5, 5.41) is 21.2. The Morgan fingerprint density at radius 3 is 2.42 bits per heavy atom. The third-order valence-corrected chi connectivity index (χ3v) is 5.80. The summed E-state index contributed by atoms with van der Waals surface area (Å²) in [6.45, 7) is 5.54. The van der Waals surface area contributed by atoms with Crippen LogP contribution in [0.4, 0.5) is 5.13 Å². The lowest BCUT2D eigenvalue weighted by Crippen LogP contribution is -2.21. The van der Waals surface area contributed by atoms with Gasteiger partial charge in [-0.3, -0.25) is 9.59 Å². The van der Waals surface area contributed by atoms with Gasteiger partial charge in [0.05, 0.1) is 26.9 Å². The number of benzene rings is 2. The highest BCUT2D eigenvalue weighted by Gasteiger charge is 2.36. The average molecular weight is 368 g/mol. The Labute approximate surface area is 153 Å². The number of phenols is 2. The van der Waals surface area contributed by atoms with Gasteiger partial charge in [-0.2, -0.15) is 0 Å². The number of thiazole rings is 1. The third-order valence-electron chi connectivity index (χ3n) is 4.65. The van der Waals surface area contributed by atoms with E-state index < -0.39 is 5.78 Å². The first-order valence-corrected chi connectivity index (χ1v) is 9.12. The smallest absolute Gasteiger partial charge is 0.202 e. The molecule has 0 fully saturated rings. The van der Waals surface area contributed by atoms with E-state index in [4.69, 9.17) is 0 Å². The van der Waals surface area contributed by atoms with Gasteiger partial charge in [0, 0.05) is 24.7 Å². The Balaban J connectivity index is 2.04. The summed E-state index contributed by atoms with van der Waals surface area (Å²) in [6, 6.07) is 5.81. The Bertz CT molecular complexity index is 1080. The maximum atomic E-state index is 13.1. The van der Waals surface area contributed by atoms with Crippen LogP contribution in [0.1, 0.15) is 45.7 Å². The standard InChI is InChI=1S/C19H16N2O4S/c1-3-21(4-2)19-20-10-8-12(23)14-15(18(10)26-19)16(24)9-6-5-7-11(22)13(9)17(14)25/h5-8,22-23H,3-4H2,1-2H3. The molecule has 2 N–H and O–H groups in total. The maximum absolute atomic E-state index is 13.1. The predicted molar refractivity (Wildman–Crippen MR) is 99.8 cm³/mol. The van der Waals surface area contributed by atoms with Crippen LogP contribution in [-0.2, 0) is 0 Å². The number of carbonyl (C=O) groups excluding carboxylic acids is 2. The number of hydrogen-bond donors (Lipinski definition) is 2. The Morgan fingerprint density at radius 1 is 1.00 bits per heavy atom. The van der Waals surface area contributed by atoms with Gasteiger partial charge in [0.2, 0.25) is 5.78 Å². The SMILES string of the molecule is CCN(CC)c1nc2cc(O)c3c(c2s1)C(=O)c1cccc(O)c1C3=O. The number of hydrogen-bond acceptors (Lipinski definition) is 7. The molecule has 0 bridgehead atoms. The zero-order valence-electron chi connectivity index (χ0n) is 14.2. The van der Waals surface area contributed by atoms with Crippen molar-refractivity contribution in [3.63, 3.8) is 0 Å². The van der Waals surface area contributed by atoms with E-state index >= 15 is 0 Å². The van der Waals surface area contributed by atoms with Crippen molar-refractivity contribution in [1.29, 1.82) is 0 Å². The van der Waals surface area contributed by atoms with Crippen LogP contribution in [0, 0.1) is 0 Å². The molecule has 7 heteroatoms. The Morgan fingerprint density at radius 2 is 1.73 bits per heavy atom. The van der Waals surface area contributed by atoms with Crippen LogP contribution in [-0.4, -0.2) is 39.9 Å². The van der Waals surface area contributed by atoms with Gasteiger partial charge in [0.15, 0.2) is 10.9 Å². The molecular formula is C19H16N2O4S. The second-order valence-corrected chi connectivity index (χ2v) is 7.00. The Hall–Kier alpha value is -2.93. The monoisotopic (exact) mass is 368 g/mol. The fourth-order valence-electron chi connectivity index (χ4n) is 3.34. The van der Waals surface area contributed by atoms with Gasteiger partial charge in [-0.15, -0.1) is 0 Å². The number of ketones is 2. The number of carbonyl (C=O) groups is 2. The molecule has 1 aliphatic rings. The molecule has 0 radical (unpaired) electrons. The number of rotatable bonds is 3. The first-order chi connectivity index (χ1) is 12.5. The van der Waals surface area contributed by atoms with Crippen LogP contribution < -0.4 is 4.90 Å². The molecule has 1 aromatic heterocycles. The number of aromatic nitrogens is 1. The molecule has 132 valence electrons. The van der Waals surface area contributed by atoms with Crippen molar-refractivity contribution < 1.29 is 19.8 Å². The number of fused-ring (bicyclic) bond motifs is 4. The van der Waals surface area contributed by atoms with Crippen LogP contribution in [0.25, 0.3) is 10.2 Å². The van der Waals surface area contributed by atoms with E-state index in [9.17, 15) is 19.8 Å². The van der Waals surface area contributed by atoms with Gasteiger partial charge in [-0.25, -0.2) is 4.98 Å². The molecule has 6 nitrogen and oxygen atoms in total. The molecule has 0 aliphatic heterocycles. The van der Waals surface area contributed by atoms with Gasteiger partial charge in [-0.05, 0) is 19.9 Å². The Kier molecular flexibility index (Phi) is 3.69. The van der Waals surface area contributed by atoms with Crippen molar-refractivity contribution in [3.05, 3.63) is 46.5 Å². The minimum atomic E-state index is -0.551. The molecule has 0 saturated carbocycles. The minimum Gasteiger partial charge on any atom is -0.507 e. The molecular weight excluding hydrogens is 352 g/mol. The molecule has 1 heterocycles. The topological polar surface area (TPSA) is 90.7 Å². The first kappa shape index (κ1) is 16.5. The molecule has 1 aliphatic carbocycles. The molecule has 0 spiro atoms. The second-order valence-electron chi connectivity index (χ2n) is 6.02. The van der Waals surface area contributed by atoms with Crippen LogP contribution in [0.15, 0.2) is 24.3 Å². The van der Waals surface area contributed by atoms with Crippen molar-refractivity contribution in [1.82, 2.24) is 4.98 Å². The van der Waals surface area contributed by atoms with Gasteiger partial charge >= 0.3 is 0 Å². The fraction of sp³-hybridized carbons (Fsp3) is 0.211. The van der Waals surface area contributed by atoms with Crippen LogP contribution in [0.3, 0.4) is 0 Å². The van der Waals surface area contributed by atoms with E-state index in [2.05, 4.69) is 4.98 Å². The van der Waals surface area contributed by atoms with Gasteiger partial charge < -0.3 is 15.1 Å². The van der Waals surface area contributed by atoms with Crippen LogP contribution in [0.5, 0.6) is 11.5 Å². The number of nitrogens with zero attached hydrogens (tertiary/aromatic N) is 2. The average Bonchev–Trinajstić information content (AvgIpc) is 3.02. The molecule has 3 aromatic rings. The van der Waals surface area contributed by atoms with Crippen molar-refractivity contribution in [3.8, 4) is 11.5 Å². The summed E-state index contributed by atoms with van der Waals surface area (Å²) in [4.78, 5) is 32.5. The summed E-state index contributed by atoms with van der Waals surface area (Å²) >= 11 is 1.33. The summed E-state index contributed by atoms with van der Waals surface area (Å²) in [5.74, 6) is -1.50. The highest BCUT2D eigenvalue weighted by Crippen LogP contribution is 2.43. The molecule has 0 saturated heterocycles. The summed E-state index contributed by atoms with van der Waals surface area (Å²) in [7, 11) is 0. The lowest BCUT2D eigenvalue weighted by Gasteiger charge is -2.19. The fourth-order valence-corrected chi connectivity index (χ4v) is 4.56. The van der Waals surface area contributed by atoms with E-state index in [0.717, 1.165) is 18.2 Å².